The lowest BCUT2D eigenvalue weighted by Gasteiger charge is -2.29. The Bertz CT molecular complexity index is 4670. The minimum Gasteiger partial charge on any atom is -0.508 e. The maximum Gasteiger partial charge on any atom is 0.317 e. The van der Waals surface area contributed by atoms with E-state index in [1.54, 1.807) is 121 Å². The second-order valence-corrected chi connectivity index (χ2v) is 31.1. The number of thiol groups is 1. The Morgan fingerprint density at radius 1 is 0.398 bits per heavy atom. The summed E-state index contributed by atoms with van der Waals surface area (Å²) in [4.78, 5) is 223. The fourth-order valence-electron chi connectivity index (χ4n) is 13.6. The molecule has 0 fully saturated rings. The number of aliphatic carboxylic acids is 4. The smallest absolute Gasteiger partial charge is 0.317 e. The normalized spacial score (nSPS) is 14.1. The van der Waals surface area contributed by atoms with Crippen molar-refractivity contribution in [1.29, 1.82) is 0 Å². The third-order valence-corrected chi connectivity index (χ3v) is 20.7. The molecule has 6 aromatic rings. The first-order valence-corrected chi connectivity index (χ1v) is 42.1. The molecule has 25 N–H and O–H groups in total. The number of aliphatic hydroxyl groups is 2. The number of primary amides is 1. The number of aromatic amines is 1. The lowest BCUT2D eigenvalue weighted by molar-refractivity contribution is -0.143. The molecule has 42 heteroatoms. The second kappa shape index (κ2) is 54.1. The summed E-state index contributed by atoms with van der Waals surface area (Å²) >= 11 is 4.32. The number of rotatable bonds is 59. The number of H-pyrrole nitrogens is 1. The standard InChI is InChI=1S/C86H116N18O23S/c1-51(105)75(77(89)118)100-84(125)66(40-55-22-10-5-11-23-55)99-86(127)76(52(2)106)101-79(120)62(27-14-16-32-87)94-83(124)67(42-57-43-91-61-26-13-12-24-59(57)61)98-82(123)65(41-56-28-30-58(107)31-29-56)96-80(121)63(38-53-18-6-3-7-19-53)95-81(122)64(39-54-20-8-4-9-21-54)97-85(126)68(50-128)93-69(108)44-92-78(119)60(88)25-15-17-33-90-70(109)45-103(47-72(112)113)36-34-102(46-71(110)111)35-37-104(48-73(114)115)49-74(116)117/h3-13,18-24,26,28-31,43,51-52,60,62-68,75-76,91,105-107,128H,14-17,25,27,32-42,44-50,87-88H2,1-2H3,(H2,89,118)(H,90,109)(H,92,119)(H,93,108)(H,94,124)(H,95,122)(H,96,121)(H,97,126)(H,98,123)(H,99,127)(H,100,125)(H,101,120)(H,110,111)(H,112,113)(H,114,115)(H,116,117)/t51-,52-,60+,62+,63+,64-,65+,66+,67-,68+,75+,76+/m1/s1. The molecule has 12 atom stereocenters. The molecule has 0 aliphatic carbocycles. The number of benzene rings is 5. The maximum atomic E-state index is 15.4. The van der Waals surface area contributed by atoms with Gasteiger partial charge in [0.25, 0.3) is 0 Å². The molecule has 0 spiro atoms. The summed E-state index contributed by atoms with van der Waals surface area (Å²) in [5.74, 6) is -16.8. The van der Waals surface area contributed by atoms with Crippen LogP contribution in [0.3, 0.4) is 0 Å². The van der Waals surface area contributed by atoms with Crippen LogP contribution in [0.25, 0.3) is 10.9 Å². The number of phenols is 1. The third-order valence-electron chi connectivity index (χ3n) is 20.3. The van der Waals surface area contributed by atoms with E-state index in [-0.39, 0.29) is 115 Å². The highest BCUT2D eigenvalue weighted by Gasteiger charge is 2.38. The van der Waals surface area contributed by atoms with Gasteiger partial charge in [-0.3, -0.25) is 91.4 Å². The average Bonchev–Trinajstić information content (AvgIpc) is 1.59. The zero-order chi connectivity index (χ0) is 93.9. The number of carboxylic acid groups (broad SMARTS) is 4. The van der Waals surface area contributed by atoms with Gasteiger partial charge in [-0.15, -0.1) is 0 Å². The number of phenolic OH excluding ortho intramolecular Hbond substituents is 1. The monoisotopic (exact) mass is 1800 g/mol. The molecule has 128 heavy (non-hydrogen) atoms. The Balaban J connectivity index is 1.17. The number of aromatic hydroxyl groups is 1. The van der Waals surface area contributed by atoms with Crippen LogP contribution in [0.4, 0.5) is 0 Å². The molecule has 1 aromatic heterocycles. The number of amides is 12. The van der Waals surface area contributed by atoms with Crippen molar-refractivity contribution < 1.29 is 112 Å². The van der Waals surface area contributed by atoms with E-state index in [4.69, 9.17) is 17.2 Å². The van der Waals surface area contributed by atoms with Crippen molar-refractivity contribution in [2.24, 2.45) is 17.2 Å². The molecule has 12 amide bonds. The van der Waals surface area contributed by atoms with Crippen molar-refractivity contribution in [3.63, 3.8) is 0 Å². The third kappa shape index (κ3) is 37.3. The van der Waals surface area contributed by atoms with Crippen molar-refractivity contribution in [3.8, 4) is 5.75 Å². The van der Waals surface area contributed by atoms with E-state index in [0.717, 1.165) is 4.90 Å². The van der Waals surface area contributed by atoms with Crippen LogP contribution in [0.2, 0.25) is 0 Å². The Kier molecular flexibility index (Phi) is 43.9. The van der Waals surface area contributed by atoms with Gasteiger partial charge in [0.1, 0.15) is 60.1 Å². The quantitative estimate of drug-likeness (QED) is 0.0128. The van der Waals surface area contributed by atoms with E-state index >= 15 is 19.2 Å². The molecule has 0 bridgehead atoms. The summed E-state index contributed by atoms with van der Waals surface area (Å²) in [6, 6.07) is 22.5. The van der Waals surface area contributed by atoms with E-state index in [9.17, 15) is 93.3 Å². The molecule has 6 rings (SSSR count). The van der Waals surface area contributed by atoms with E-state index in [2.05, 4.69) is 76.1 Å². The highest BCUT2D eigenvalue weighted by molar-refractivity contribution is 7.80. The van der Waals surface area contributed by atoms with Crippen LogP contribution in [-0.2, 0) is 109 Å². The minimum atomic E-state index is -1.82. The van der Waals surface area contributed by atoms with Gasteiger partial charge >= 0.3 is 23.9 Å². The zero-order valence-corrected chi connectivity index (χ0v) is 71.8. The van der Waals surface area contributed by atoms with Crippen LogP contribution in [-0.4, -0.2) is 307 Å². The van der Waals surface area contributed by atoms with Crippen molar-refractivity contribution in [1.82, 2.24) is 78.2 Å². The van der Waals surface area contributed by atoms with Gasteiger partial charge in [-0.05, 0) is 105 Å². The molecule has 0 unspecified atom stereocenters. The van der Waals surface area contributed by atoms with E-state index in [0.29, 0.717) is 45.1 Å². The summed E-state index contributed by atoms with van der Waals surface area (Å²) in [6.07, 6.45) is -1.68. The number of hydrogen-bond acceptors (Lipinski definition) is 25. The number of hydrogen-bond donors (Lipinski definition) is 23. The van der Waals surface area contributed by atoms with E-state index in [1.165, 1.54) is 47.9 Å². The molecule has 0 radical (unpaired) electrons. The lowest BCUT2D eigenvalue weighted by atomic mass is 9.99. The van der Waals surface area contributed by atoms with Gasteiger partial charge in [0.2, 0.25) is 70.9 Å². The van der Waals surface area contributed by atoms with Crippen LogP contribution in [0.15, 0.2) is 146 Å². The van der Waals surface area contributed by atoms with Crippen LogP contribution >= 0.6 is 12.6 Å². The first-order chi connectivity index (χ1) is 61.0. The number of unbranched alkanes of at least 4 members (excludes halogenated alkanes) is 2. The van der Waals surface area contributed by atoms with Crippen molar-refractivity contribution in [3.05, 3.63) is 174 Å². The van der Waals surface area contributed by atoms with Crippen molar-refractivity contribution >= 4 is 118 Å². The fraction of sp³-hybridized carbons (Fsp3) is 0.442. The van der Waals surface area contributed by atoms with Gasteiger partial charge in [-0.25, -0.2) is 0 Å². The summed E-state index contributed by atoms with van der Waals surface area (Å²) in [5.41, 5.74) is 20.6. The van der Waals surface area contributed by atoms with Gasteiger partial charge in [-0.1, -0.05) is 121 Å². The average molecular weight is 1800 g/mol. The number of carbonyl (C=O) groups is 16. The van der Waals surface area contributed by atoms with Gasteiger partial charge in [0.05, 0.1) is 57.5 Å². The van der Waals surface area contributed by atoms with Crippen LogP contribution in [0, 0.1) is 0 Å². The molecule has 0 saturated carbocycles. The molecule has 694 valence electrons. The van der Waals surface area contributed by atoms with Gasteiger partial charge < -0.3 is 116 Å². The maximum absolute atomic E-state index is 15.4. The SMILES string of the molecule is C[C@@H](O)[C@H](NC(=O)[C@H](Cc1ccccc1)NC(=O)[C@@H](NC(=O)[C@H](CCCCN)NC(=O)[C@@H](Cc1c[nH]c2ccccc12)NC(=O)[C@H](Cc1ccc(O)cc1)NC(=O)[C@H](Cc1ccccc1)NC(=O)[C@@H](Cc1ccccc1)NC(=O)[C@H](CS)NC(=O)CNC(=O)[C@@H](N)CCCCNC(=O)CN(CCN(CCN(CC(=O)O)CC(=O)O)CC(=O)O)CC(=O)O)[C@@H](C)O)C(N)=O. The fourth-order valence-corrected chi connectivity index (χ4v) is 13.8. The molecular weight excluding hydrogens is 1690 g/mol. The highest BCUT2D eigenvalue weighted by atomic mass is 32.1. The predicted molar refractivity (Wildman–Crippen MR) is 469 cm³/mol. The molecule has 1 heterocycles. The Labute approximate surface area is 743 Å². The molecule has 41 nitrogen and oxygen atoms in total. The lowest BCUT2D eigenvalue weighted by Crippen LogP contribution is -2.62. The van der Waals surface area contributed by atoms with Gasteiger partial charge in [0, 0.05) is 87.7 Å². The molecule has 0 aliphatic rings. The van der Waals surface area contributed by atoms with Crippen LogP contribution < -0.4 is 75.7 Å². The molecule has 0 aliphatic heterocycles. The molecule has 0 saturated heterocycles. The predicted octanol–water partition coefficient (Wildman–Crippen LogP) is -3.97. The van der Waals surface area contributed by atoms with Crippen LogP contribution in [0.5, 0.6) is 5.75 Å². The van der Waals surface area contributed by atoms with E-state index in [1.807, 2.05) is 0 Å². The number of aliphatic hydroxyl groups excluding tert-OH is 2. The largest absolute Gasteiger partial charge is 0.508 e. The first kappa shape index (κ1) is 104. The number of carboxylic acids is 4. The number of nitrogens with two attached hydrogens (primary N) is 3. The summed E-state index contributed by atoms with van der Waals surface area (Å²) in [7, 11) is 0. The number of para-hydroxylation sites is 1. The molecular formula is C86H116N18O23S. The number of aromatic nitrogens is 1. The minimum absolute atomic E-state index is 0.0544. The van der Waals surface area contributed by atoms with Crippen molar-refractivity contribution in [2.75, 3.05) is 84.3 Å². The van der Waals surface area contributed by atoms with Crippen molar-refractivity contribution in [2.45, 2.75) is 157 Å². The van der Waals surface area contributed by atoms with Gasteiger partial charge in [0.15, 0.2) is 0 Å². The highest BCUT2D eigenvalue weighted by Crippen LogP contribution is 2.21. The second-order valence-electron chi connectivity index (χ2n) is 30.8. The van der Waals surface area contributed by atoms with Gasteiger partial charge in [-0.2, -0.15) is 12.6 Å². The summed E-state index contributed by atoms with van der Waals surface area (Å²) in [6.45, 7) is -1.42. The van der Waals surface area contributed by atoms with Crippen LogP contribution in [0.1, 0.15) is 80.2 Å². The number of fused-ring (bicyclic) bond motifs is 1. The Morgan fingerprint density at radius 2 is 0.781 bits per heavy atom. The Hall–Kier alpha value is -13.0. The zero-order valence-electron chi connectivity index (χ0n) is 70.9. The number of nitrogens with zero attached hydrogens (tertiary/aromatic N) is 3. The first-order valence-electron chi connectivity index (χ1n) is 41.5. The summed E-state index contributed by atoms with van der Waals surface area (Å²) in [5, 5.41) is 98.5. The number of nitrogens with one attached hydrogen (secondary N) is 12. The van der Waals surface area contributed by atoms with E-state index < -0.39 is 207 Å². The number of carbonyl (C=O) groups excluding carboxylic acids is 12. The topological polar surface area (TPSA) is 651 Å². The Morgan fingerprint density at radius 3 is 1.23 bits per heavy atom. The molecule has 5 aromatic carbocycles. The summed E-state index contributed by atoms with van der Waals surface area (Å²) < 4.78 is 0.